The van der Waals surface area contributed by atoms with Gasteiger partial charge in [0.25, 0.3) is 0 Å². The minimum Gasteiger partial charge on any atom is -0.497 e. The van der Waals surface area contributed by atoms with Gasteiger partial charge in [-0.15, -0.1) is 0 Å². The van der Waals surface area contributed by atoms with E-state index in [0.717, 1.165) is 40.5 Å². The summed E-state index contributed by atoms with van der Waals surface area (Å²) in [6, 6.07) is 16.9. The fourth-order valence-corrected chi connectivity index (χ4v) is 5.08. The molecule has 2 saturated carbocycles. The Labute approximate surface area is 164 Å². The molecule has 2 aliphatic carbocycles. The molecule has 0 N–H and O–H groups in total. The second kappa shape index (κ2) is 8.22. The summed E-state index contributed by atoms with van der Waals surface area (Å²) in [4.78, 5) is 0. The second-order valence-electron chi connectivity index (χ2n) is 8.55. The third-order valence-electron chi connectivity index (χ3n) is 6.70. The third kappa shape index (κ3) is 4.38. The molecule has 0 spiro atoms. The average molecular weight is 359 g/mol. The molecule has 1 nitrogen and oxygen atoms in total. The monoisotopic (exact) mass is 358 g/mol. The third-order valence-corrected chi connectivity index (χ3v) is 6.70. The zero-order chi connectivity index (χ0) is 18.6. The maximum absolute atomic E-state index is 5.19. The van der Waals surface area contributed by atoms with E-state index in [1.807, 2.05) is 24.3 Å². The van der Waals surface area contributed by atoms with Crippen LogP contribution in [0, 0.1) is 29.6 Å². The molecule has 2 fully saturated rings. The number of ether oxygens (including phenoxy) is 1. The number of benzene rings is 2. The van der Waals surface area contributed by atoms with Gasteiger partial charge in [-0.3, -0.25) is 0 Å². The Morgan fingerprint density at radius 3 is 2.00 bits per heavy atom. The quantitative estimate of drug-likeness (QED) is 0.563. The van der Waals surface area contributed by atoms with Gasteiger partial charge in [0.1, 0.15) is 5.75 Å². The van der Waals surface area contributed by atoms with E-state index in [9.17, 15) is 0 Å². The first-order chi connectivity index (χ1) is 13.2. The zero-order valence-electron chi connectivity index (χ0n) is 16.6. The van der Waals surface area contributed by atoms with Crippen LogP contribution in [0.4, 0.5) is 0 Å². The van der Waals surface area contributed by atoms with Crippen molar-refractivity contribution in [1.82, 2.24) is 0 Å². The van der Waals surface area contributed by atoms with Gasteiger partial charge >= 0.3 is 0 Å². The van der Waals surface area contributed by atoms with E-state index >= 15 is 0 Å². The van der Waals surface area contributed by atoms with Crippen LogP contribution in [-0.4, -0.2) is 7.11 Å². The Balaban J connectivity index is 1.40. The minimum atomic E-state index is 0.753. The molecule has 0 bridgehead atoms. The van der Waals surface area contributed by atoms with Crippen molar-refractivity contribution in [3.63, 3.8) is 0 Å². The van der Waals surface area contributed by atoms with Gasteiger partial charge in [0, 0.05) is 11.1 Å². The highest BCUT2D eigenvalue weighted by molar-refractivity contribution is 5.45. The van der Waals surface area contributed by atoms with Gasteiger partial charge in [0.2, 0.25) is 0 Å². The maximum atomic E-state index is 5.19. The lowest BCUT2D eigenvalue weighted by atomic mass is 9.64. The number of hydrogen-bond acceptors (Lipinski definition) is 1. The van der Waals surface area contributed by atoms with Crippen LogP contribution >= 0.6 is 0 Å². The molecule has 2 aromatic rings. The molecule has 27 heavy (non-hydrogen) atoms. The van der Waals surface area contributed by atoms with Crippen LogP contribution in [0.25, 0.3) is 0 Å². The number of rotatable bonds is 2. The lowest BCUT2D eigenvalue weighted by Gasteiger charge is -2.41. The predicted octanol–water partition coefficient (Wildman–Crippen LogP) is 6.41. The summed E-state index contributed by atoms with van der Waals surface area (Å²) in [6.45, 7) is 2.44. The van der Waals surface area contributed by atoms with Gasteiger partial charge in [-0.1, -0.05) is 37.3 Å². The summed E-state index contributed by atoms with van der Waals surface area (Å²) < 4.78 is 5.19. The molecule has 0 aromatic heterocycles. The van der Waals surface area contributed by atoms with Crippen molar-refractivity contribution in [2.45, 2.75) is 51.4 Å². The number of methoxy groups -OCH3 is 1. The highest BCUT2D eigenvalue weighted by atomic mass is 16.5. The van der Waals surface area contributed by atoms with Gasteiger partial charge in [-0.25, -0.2) is 0 Å². The fraction of sp³-hybridized carbons (Fsp3) is 0.462. The van der Waals surface area contributed by atoms with Gasteiger partial charge < -0.3 is 4.74 Å². The van der Waals surface area contributed by atoms with Crippen molar-refractivity contribution in [3.05, 3.63) is 65.2 Å². The molecule has 2 aromatic carbocycles. The van der Waals surface area contributed by atoms with E-state index in [4.69, 9.17) is 4.74 Å². The van der Waals surface area contributed by atoms with E-state index in [2.05, 4.69) is 43.0 Å². The molecule has 4 rings (SSSR count). The summed E-state index contributed by atoms with van der Waals surface area (Å²) in [6.07, 6.45) is 8.55. The second-order valence-corrected chi connectivity index (χ2v) is 8.55. The zero-order valence-corrected chi connectivity index (χ0v) is 16.6. The first kappa shape index (κ1) is 18.2. The molecule has 0 heterocycles. The van der Waals surface area contributed by atoms with Crippen LogP contribution in [0.15, 0.2) is 48.5 Å². The maximum Gasteiger partial charge on any atom is 0.118 e. The summed E-state index contributed by atoms with van der Waals surface area (Å²) in [7, 11) is 1.68. The molecule has 4 unspecified atom stereocenters. The molecule has 140 valence electrons. The highest BCUT2D eigenvalue weighted by Crippen LogP contribution is 2.47. The van der Waals surface area contributed by atoms with Crippen LogP contribution < -0.4 is 4.74 Å². The highest BCUT2D eigenvalue weighted by Gasteiger charge is 2.34. The van der Waals surface area contributed by atoms with E-state index < -0.39 is 0 Å². The minimum absolute atomic E-state index is 0.753. The molecule has 0 saturated heterocycles. The van der Waals surface area contributed by atoms with E-state index in [0.29, 0.717) is 0 Å². The van der Waals surface area contributed by atoms with Crippen LogP contribution in [0.3, 0.4) is 0 Å². The number of hydrogen-bond donors (Lipinski definition) is 0. The van der Waals surface area contributed by atoms with E-state index in [1.54, 1.807) is 7.11 Å². The van der Waals surface area contributed by atoms with Gasteiger partial charge in [-0.2, -0.15) is 0 Å². The normalized spacial score (nSPS) is 27.2. The fourth-order valence-electron chi connectivity index (χ4n) is 5.08. The van der Waals surface area contributed by atoms with Gasteiger partial charge in [0.15, 0.2) is 0 Å². The van der Waals surface area contributed by atoms with E-state index in [-0.39, 0.29) is 0 Å². The number of fused-ring (bicyclic) bond motifs is 1. The van der Waals surface area contributed by atoms with Crippen LogP contribution in [0.1, 0.15) is 68.1 Å². The summed E-state index contributed by atoms with van der Waals surface area (Å²) in [5.41, 5.74) is 3.63. The first-order valence-electron chi connectivity index (χ1n) is 10.5. The Bertz CT molecular complexity index is 806. The SMILES string of the molecule is COc1ccc(C#Cc2ccc(C3CCC4CC(C)CCC4C3)cc2)cc1. The predicted molar refractivity (Wildman–Crippen MR) is 112 cm³/mol. The molecule has 2 aliphatic rings. The van der Waals surface area contributed by atoms with Crippen LogP contribution in [0.5, 0.6) is 5.75 Å². The summed E-state index contributed by atoms with van der Waals surface area (Å²) >= 11 is 0. The molecule has 4 atom stereocenters. The molecular formula is C26H30O. The lowest BCUT2D eigenvalue weighted by molar-refractivity contribution is 0.124. The topological polar surface area (TPSA) is 9.23 Å². The van der Waals surface area contributed by atoms with Crippen LogP contribution in [-0.2, 0) is 0 Å². The molecule has 0 radical (unpaired) electrons. The largest absolute Gasteiger partial charge is 0.497 e. The van der Waals surface area contributed by atoms with Crippen molar-refractivity contribution >= 4 is 0 Å². The van der Waals surface area contributed by atoms with Crippen molar-refractivity contribution in [3.8, 4) is 17.6 Å². The molecular weight excluding hydrogens is 328 g/mol. The molecule has 1 heteroatoms. The van der Waals surface area contributed by atoms with Gasteiger partial charge in [0.05, 0.1) is 7.11 Å². The lowest BCUT2D eigenvalue weighted by Crippen LogP contribution is -2.29. The van der Waals surface area contributed by atoms with Crippen molar-refractivity contribution in [2.24, 2.45) is 17.8 Å². The van der Waals surface area contributed by atoms with Crippen molar-refractivity contribution in [1.29, 1.82) is 0 Å². The Hall–Kier alpha value is -2.20. The van der Waals surface area contributed by atoms with E-state index in [1.165, 1.54) is 44.1 Å². The standard InChI is InChI=1S/C26H30O/c1-19-3-10-25-18-24(14-13-23(25)17-19)22-11-6-20(7-12-22)4-5-21-8-15-26(27-2)16-9-21/h6-9,11-12,15-16,19,23-25H,3,10,13-14,17-18H2,1-2H3. The summed E-state index contributed by atoms with van der Waals surface area (Å²) in [5.74, 6) is 11.1. The summed E-state index contributed by atoms with van der Waals surface area (Å²) in [5, 5.41) is 0. The Morgan fingerprint density at radius 2 is 1.33 bits per heavy atom. The Kier molecular flexibility index (Phi) is 5.53. The average Bonchev–Trinajstić information content (AvgIpc) is 2.72. The molecule has 0 aliphatic heterocycles. The smallest absolute Gasteiger partial charge is 0.118 e. The Morgan fingerprint density at radius 1 is 0.741 bits per heavy atom. The first-order valence-corrected chi connectivity index (χ1v) is 10.5. The molecule has 0 amide bonds. The van der Waals surface area contributed by atoms with Crippen molar-refractivity contribution < 1.29 is 4.74 Å². The van der Waals surface area contributed by atoms with Crippen molar-refractivity contribution in [2.75, 3.05) is 7.11 Å². The van der Waals surface area contributed by atoms with Gasteiger partial charge in [-0.05, 0) is 97.7 Å². The van der Waals surface area contributed by atoms with Crippen LogP contribution in [0.2, 0.25) is 0 Å².